The van der Waals surface area contributed by atoms with E-state index in [-0.39, 0.29) is 64.6 Å². The van der Waals surface area contributed by atoms with Crippen molar-refractivity contribution in [2.75, 3.05) is 73.5 Å². The predicted octanol–water partition coefficient (Wildman–Crippen LogP) is 14.1. The molecule has 0 unspecified atom stereocenters. The van der Waals surface area contributed by atoms with Gasteiger partial charge in [0.2, 0.25) is 0 Å². The van der Waals surface area contributed by atoms with Gasteiger partial charge in [-0.05, 0) is 123 Å². The molecule has 0 aliphatic heterocycles. The Kier molecular flexibility index (Phi) is 59.9. The molecule has 0 aliphatic carbocycles. The summed E-state index contributed by atoms with van der Waals surface area (Å²) in [6.07, 6.45) is 3.49. The fourth-order valence-corrected chi connectivity index (χ4v) is 13.2. The number of halogens is 14. The van der Waals surface area contributed by atoms with E-state index >= 15 is 0 Å². The van der Waals surface area contributed by atoms with Gasteiger partial charge in [-0.3, -0.25) is 8.78 Å². The Labute approximate surface area is 656 Å². The Hall–Kier alpha value is -8.57. The smallest absolute Gasteiger partial charge is 0.748 e. The Balaban J connectivity index is -0.000000641. The van der Waals surface area contributed by atoms with Crippen molar-refractivity contribution in [1.82, 2.24) is 0 Å². The van der Waals surface area contributed by atoms with E-state index in [9.17, 15) is 61.9 Å². The van der Waals surface area contributed by atoms with Crippen LogP contribution in [0.25, 0.3) is 0 Å². The third kappa shape index (κ3) is 42.0. The molecule has 0 bridgehead atoms. The summed E-state index contributed by atoms with van der Waals surface area (Å²) in [5, 5.41) is -10.2. The number of alkyl halides is 6. The number of rotatable bonds is 28. The summed E-state index contributed by atoms with van der Waals surface area (Å²) in [5.41, 5.74) is 4.59. The molecule has 0 amide bonds. The average molecular weight is 1680 g/mol. The van der Waals surface area contributed by atoms with Gasteiger partial charge in [0.05, 0.1) is 58.8 Å². The van der Waals surface area contributed by atoms with E-state index in [2.05, 4.69) is 196 Å². The first-order valence-corrected chi connectivity index (χ1v) is 37.2. The van der Waals surface area contributed by atoms with E-state index in [0.717, 1.165) is 33.8 Å². The summed E-state index contributed by atoms with van der Waals surface area (Å²) >= 11 is 0. The molecule has 8 rings (SSSR count). The number of carbonyl (C=O) groups excluding carboxylic acids is 2. The topological polar surface area (TPSA) is 280 Å². The number of benzene rings is 8. The summed E-state index contributed by atoms with van der Waals surface area (Å²) in [7, 11) is -15.4. The summed E-state index contributed by atoms with van der Waals surface area (Å²) in [6, 6.07) is 68.2. The van der Waals surface area contributed by atoms with Crippen LogP contribution in [0, 0.1) is 27.7 Å². The number of aryl methyl sites for hydroxylation is 4. The molecule has 8 aromatic carbocycles. The van der Waals surface area contributed by atoms with Crippen LogP contribution >= 0.6 is 0 Å². The van der Waals surface area contributed by atoms with Crippen molar-refractivity contribution in [3.8, 4) is 23.0 Å². The van der Waals surface area contributed by atoms with Gasteiger partial charge in [0.15, 0.2) is 49.6 Å². The van der Waals surface area contributed by atoms with Gasteiger partial charge < -0.3 is 51.6 Å². The zero-order chi connectivity index (χ0) is 83.7. The molecule has 0 fully saturated rings. The van der Waals surface area contributed by atoms with Gasteiger partial charge in [-0.2, -0.15) is 17.6 Å². The molecule has 39 heteroatoms. The van der Waals surface area contributed by atoms with Gasteiger partial charge in [-0.25, -0.2) is 34.8 Å². The normalized spacial score (nSPS) is 10.2. The van der Waals surface area contributed by atoms with Crippen molar-refractivity contribution < 1.29 is 179 Å². The first kappa shape index (κ1) is 108. The van der Waals surface area contributed by atoms with Gasteiger partial charge in [0, 0.05) is 67.1 Å². The predicted molar refractivity (Wildman–Crippen MR) is 379 cm³/mol. The van der Waals surface area contributed by atoms with Crippen molar-refractivity contribution in [2.45, 2.75) is 67.6 Å². The second-order valence-electron chi connectivity index (χ2n) is 19.6. The maximum absolute atomic E-state index is 12.7. The first-order valence-electron chi connectivity index (χ1n) is 30.1. The van der Waals surface area contributed by atoms with E-state index in [0.29, 0.717) is 58.5 Å². The molecule has 0 aromatic heterocycles. The average Bonchev–Trinajstić information content (AvgIpc) is 0.780. The van der Waals surface area contributed by atoms with Crippen molar-refractivity contribution >= 4 is 64.1 Å². The molecule has 604 valence electrons. The number of hydrogen-bond donors (Lipinski definition) is 0. The van der Waals surface area contributed by atoms with Gasteiger partial charge in [0.1, 0.15) is 75.9 Å². The van der Waals surface area contributed by atoms with Crippen LogP contribution in [0.3, 0.4) is 0 Å². The summed E-state index contributed by atoms with van der Waals surface area (Å²) in [4.78, 5) is 29.3. The molecular formula is C71H77F14NaO19S5. The number of esters is 2. The van der Waals surface area contributed by atoms with E-state index in [1.165, 1.54) is 41.9 Å². The Morgan fingerprint density at radius 1 is 0.373 bits per heavy atom. The largest absolute Gasteiger partial charge is 1.00 e. The van der Waals surface area contributed by atoms with Gasteiger partial charge in [0.25, 0.3) is 0 Å². The van der Waals surface area contributed by atoms with E-state index in [1.54, 1.807) is 60.7 Å². The Morgan fingerprint density at radius 2 is 0.573 bits per heavy atom. The third-order valence-electron chi connectivity index (χ3n) is 12.1. The van der Waals surface area contributed by atoms with Gasteiger partial charge in [-0.1, -0.05) is 122 Å². The van der Waals surface area contributed by atoms with Crippen LogP contribution in [-0.2, 0) is 80.7 Å². The van der Waals surface area contributed by atoms with Crippen LogP contribution in [0.2, 0.25) is 0 Å². The minimum absolute atomic E-state index is 0. The molecule has 0 heterocycles. The second-order valence-corrected chi connectivity index (χ2v) is 28.0. The third-order valence-corrected chi connectivity index (χ3v) is 18.1. The maximum atomic E-state index is 12.7. The Bertz CT molecular complexity index is 3740. The summed E-state index contributed by atoms with van der Waals surface area (Å²) in [6.45, 7) is 15.8. The van der Waals surface area contributed by atoms with Crippen LogP contribution in [-0.4, -0.2) is 135 Å². The number of ether oxygens (including phenoxy) is 8. The monoisotopic (exact) mass is 1680 g/mol. The molecule has 19 nitrogen and oxygen atoms in total. The fourth-order valence-electron chi connectivity index (χ4n) is 8.10. The fraction of sp³-hybridized carbons (Fsp3) is 0.239. The zero-order valence-corrected chi connectivity index (χ0v) is 66.0. The maximum Gasteiger partial charge on any atom is 1.00 e. The molecule has 0 aliphatic rings. The Morgan fingerprint density at radius 3 is 0.773 bits per heavy atom. The summed E-state index contributed by atoms with van der Waals surface area (Å²) < 4.78 is 262. The minimum Gasteiger partial charge on any atom is -0.748 e. The first-order chi connectivity index (χ1) is 51.9. The molecule has 0 N–H and O–H groups in total. The number of hydrogen-bond acceptors (Lipinski definition) is 19. The number of carbonyl (C=O) groups is 2. The van der Waals surface area contributed by atoms with Crippen LogP contribution in [0.5, 0.6) is 23.0 Å². The van der Waals surface area contributed by atoms with Gasteiger partial charge in [-0.15, -0.1) is 0 Å². The van der Waals surface area contributed by atoms with Crippen LogP contribution in [0.15, 0.2) is 261 Å². The van der Waals surface area contributed by atoms with Crippen molar-refractivity contribution in [3.63, 3.8) is 0 Å². The zero-order valence-electron chi connectivity index (χ0n) is 59.9. The van der Waals surface area contributed by atoms with Crippen molar-refractivity contribution in [3.05, 3.63) is 254 Å². The molecule has 110 heavy (non-hydrogen) atoms. The minimum atomic E-state index is -6.09. The molecule has 8 aromatic rings. The summed E-state index contributed by atoms with van der Waals surface area (Å²) in [5.74, 6) is -2.12. The van der Waals surface area contributed by atoms with Crippen LogP contribution in [0.1, 0.15) is 22.3 Å². The molecule has 0 saturated carbocycles. The van der Waals surface area contributed by atoms with Gasteiger partial charge >= 0.3 is 52.0 Å². The molecule has 0 atom stereocenters. The van der Waals surface area contributed by atoms with E-state index < -0.39 is 66.0 Å². The van der Waals surface area contributed by atoms with Crippen LogP contribution in [0.4, 0.5) is 62.9 Å². The number of para-hydroxylation sites is 2. The standard InChI is InChI=1S/2C24H25O2S.2C10H10F2O6S.2CH3F.CH4O3S.4F2.Na/c2*1-4-25-15-16-26-24-19(2)17-23(18-20(24)3)27(21-11-7-5-8-12-21)22-13-9-6-10-14-22;2*11-10(12,19(14,15)16)9(13)18-7-6-17-8-4-2-1-3-5-8;2*1-2;1-5(2,3)4;4*1-2;/h2*4-14,17-18H,1,15-16H2,2-3H3;2*1-5H,6-7H2,(H,14,15,16);2*1H3;1H3,(H,2,3,4);;;;;/q2*+1;;;;;;;;;;+1/p-3. The molecular weight excluding hydrogens is 1610 g/mol. The van der Waals surface area contributed by atoms with Crippen LogP contribution < -0.4 is 48.5 Å². The van der Waals surface area contributed by atoms with Crippen molar-refractivity contribution in [2.24, 2.45) is 0 Å². The molecule has 0 spiro atoms. The molecule has 0 radical (unpaired) electrons. The SMILES string of the molecule is C=COCCOc1c(C)cc([S+](c2ccccc2)c2ccccc2)cc1C.C=COCCOc1c(C)cc([S+](c2ccccc2)c2ccccc2)cc1C.CF.CF.CS(=O)(=O)[O-].FF.FF.FF.FF.O=C(OCCOc1ccccc1)C(F)(F)S(=O)(=O)[O-].O=C(OCCOc1ccccc1)C(F)(F)S(=O)(=O)[O-].[Na+]. The van der Waals surface area contributed by atoms with E-state index in [1.807, 2.05) is 0 Å². The van der Waals surface area contributed by atoms with E-state index in [4.69, 9.17) is 78.0 Å². The second kappa shape index (κ2) is 61.1. The quantitative estimate of drug-likeness (QED) is 0.00837. The van der Waals surface area contributed by atoms with Crippen molar-refractivity contribution in [1.29, 1.82) is 0 Å². The molecule has 0 saturated heterocycles.